The van der Waals surface area contributed by atoms with Crippen LogP contribution >= 0.6 is 35.3 Å². The average Bonchev–Trinajstić information content (AvgIpc) is 3.28. The van der Waals surface area contributed by atoms with E-state index < -0.39 is 0 Å². The van der Waals surface area contributed by atoms with Crippen LogP contribution in [0.4, 0.5) is 0 Å². The lowest BCUT2D eigenvalue weighted by atomic mass is 10.2. The van der Waals surface area contributed by atoms with Crippen molar-refractivity contribution in [1.82, 2.24) is 20.2 Å². The van der Waals surface area contributed by atoms with Gasteiger partial charge in [0, 0.05) is 42.9 Å². The van der Waals surface area contributed by atoms with Gasteiger partial charge >= 0.3 is 0 Å². The predicted octanol–water partition coefficient (Wildman–Crippen LogP) is 4.03. The van der Waals surface area contributed by atoms with Gasteiger partial charge in [0.15, 0.2) is 5.96 Å². The number of para-hydroxylation sites is 1. The summed E-state index contributed by atoms with van der Waals surface area (Å²) in [5, 5.41) is 9.09. The Labute approximate surface area is 176 Å². The van der Waals surface area contributed by atoms with E-state index in [1.807, 2.05) is 6.20 Å². The van der Waals surface area contributed by atoms with Gasteiger partial charge in [0.05, 0.1) is 6.54 Å². The molecule has 0 aliphatic rings. The second kappa shape index (κ2) is 10.5. The Morgan fingerprint density at radius 1 is 1.23 bits per heavy atom. The molecule has 0 aliphatic heterocycles. The molecule has 3 rings (SSSR count). The molecular weight excluding hydrogens is 457 g/mol. The van der Waals surface area contributed by atoms with E-state index in [1.54, 1.807) is 18.4 Å². The summed E-state index contributed by atoms with van der Waals surface area (Å²) in [5.41, 5.74) is 1.29. The Morgan fingerprint density at radius 3 is 2.85 bits per heavy atom. The summed E-state index contributed by atoms with van der Waals surface area (Å²) < 4.78 is 2.30. The van der Waals surface area contributed by atoms with E-state index in [1.165, 1.54) is 15.8 Å². The molecule has 0 saturated carbocycles. The molecule has 2 heterocycles. The molecule has 0 radical (unpaired) electrons. The van der Waals surface area contributed by atoms with Gasteiger partial charge in [-0.3, -0.25) is 4.99 Å². The number of aliphatic imine (C=N–C) groups is 1. The Morgan fingerprint density at radius 2 is 2.08 bits per heavy atom. The molecule has 7 heteroatoms. The van der Waals surface area contributed by atoms with Gasteiger partial charge in [0.2, 0.25) is 0 Å². The third-order valence-corrected chi connectivity index (χ3v) is 5.27. The van der Waals surface area contributed by atoms with Crippen molar-refractivity contribution >= 4 is 52.2 Å². The zero-order valence-electron chi connectivity index (χ0n) is 15.2. The van der Waals surface area contributed by atoms with E-state index in [-0.39, 0.29) is 24.0 Å². The van der Waals surface area contributed by atoms with Crippen LogP contribution in [-0.2, 0) is 19.5 Å². The quantitative estimate of drug-likeness (QED) is 0.231. The van der Waals surface area contributed by atoms with Crippen molar-refractivity contribution in [3.05, 3.63) is 52.6 Å². The number of fused-ring (bicyclic) bond motifs is 1. The summed E-state index contributed by atoms with van der Waals surface area (Å²) in [6, 6.07) is 10.7. The third kappa shape index (κ3) is 5.44. The molecule has 2 aromatic heterocycles. The zero-order valence-corrected chi connectivity index (χ0v) is 18.4. The lowest BCUT2D eigenvalue weighted by Crippen LogP contribution is -2.37. The van der Waals surface area contributed by atoms with Crippen molar-refractivity contribution in [3.8, 4) is 0 Å². The number of nitrogens with one attached hydrogen (secondary N) is 2. The number of nitrogens with zero attached hydrogens (tertiary/aromatic N) is 3. The number of aryl methyl sites for hydroxylation is 2. The van der Waals surface area contributed by atoms with Crippen molar-refractivity contribution in [1.29, 1.82) is 0 Å². The molecule has 1 aromatic carbocycles. The van der Waals surface area contributed by atoms with Gasteiger partial charge in [0.25, 0.3) is 0 Å². The van der Waals surface area contributed by atoms with Crippen LogP contribution < -0.4 is 10.6 Å². The minimum Gasteiger partial charge on any atom is -0.356 e. The highest BCUT2D eigenvalue weighted by Crippen LogP contribution is 2.15. The van der Waals surface area contributed by atoms with Crippen molar-refractivity contribution in [2.75, 3.05) is 13.6 Å². The minimum absolute atomic E-state index is 0. The molecule has 0 saturated heterocycles. The van der Waals surface area contributed by atoms with E-state index in [2.05, 4.69) is 68.6 Å². The summed E-state index contributed by atoms with van der Waals surface area (Å²) >= 11 is 1.75. The Balaban J connectivity index is 0.00000243. The molecular formula is C19H26IN5S. The van der Waals surface area contributed by atoms with Crippen LogP contribution in [0.15, 0.2) is 47.7 Å². The van der Waals surface area contributed by atoms with Gasteiger partial charge in [-0.2, -0.15) is 0 Å². The molecule has 0 unspecified atom stereocenters. The molecule has 5 nitrogen and oxygen atoms in total. The van der Waals surface area contributed by atoms with Crippen LogP contribution in [-0.4, -0.2) is 29.1 Å². The fourth-order valence-electron chi connectivity index (χ4n) is 2.76. The average molecular weight is 483 g/mol. The number of thiazole rings is 1. The first kappa shape index (κ1) is 20.7. The van der Waals surface area contributed by atoms with E-state index in [0.29, 0.717) is 6.54 Å². The maximum atomic E-state index is 4.42. The van der Waals surface area contributed by atoms with E-state index in [4.69, 9.17) is 0 Å². The van der Waals surface area contributed by atoms with Crippen LogP contribution in [0.25, 0.3) is 10.9 Å². The topological polar surface area (TPSA) is 54.2 Å². The van der Waals surface area contributed by atoms with Gasteiger partial charge in [-0.15, -0.1) is 35.3 Å². The molecule has 0 bridgehead atoms. The highest BCUT2D eigenvalue weighted by molar-refractivity contribution is 14.0. The highest BCUT2D eigenvalue weighted by atomic mass is 127. The fourth-order valence-corrected chi connectivity index (χ4v) is 3.57. The summed E-state index contributed by atoms with van der Waals surface area (Å²) in [6.07, 6.45) is 6.19. The maximum absolute atomic E-state index is 4.42. The molecule has 0 amide bonds. The number of guanidine groups is 1. The van der Waals surface area contributed by atoms with E-state index in [9.17, 15) is 0 Å². The molecule has 26 heavy (non-hydrogen) atoms. The summed E-state index contributed by atoms with van der Waals surface area (Å²) in [6.45, 7) is 4.74. The van der Waals surface area contributed by atoms with Gasteiger partial charge in [0.1, 0.15) is 5.01 Å². The molecule has 0 atom stereocenters. The van der Waals surface area contributed by atoms with Crippen LogP contribution in [0.2, 0.25) is 0 Å². The van der Waals surface area contributed by atoms with Crippen LogP contribution in [0.5, 0.6) is 0 Å². The highest BCUT2D eigenvalue weighted by Gasteiger charge is 2.03. The number of hydrogen-bond acceptors (Lipinski definition) is 3. The Hall–Kier alpha value is -1.61. The number of hydrogen-bond donors (Lipinski definition) is 2. The summed E-state index contributed by atoms with van der Waals surface area (Å²) in [7, 11) is 1.80. The molecule has 2 N–H and O–H groups in total. The summed E-state index contributed by atoms with van der Waals surface area (Å²) in [4.78, 5) is 10.0. The van der Waals surface area contributed by atoms with Crippen LogP contribution in [0.3, 0.4) is 0 Å². The molecule has 140 valence electrons. The number of aromatic nitrogens is 2. The molecule has 0 spiro atoms. The second-order valence-corrected chi connectivity index (χ2v) is 7.05. The third-order valence-electron chi connectivity index (χ3n) is 4.13. The molecule has 0 fully saturated rings. The first-order valence-electron chi connectivity index (χ1n) is 8.72. The number of halogens is 1. The smallest absolute Gasteiger partial charge is 0.191 e. The maximum Gasteiger partial charge on any atom is 0.191 e. The van der Waals surface area contributed by atoms with Gasteiger partial charge in [-0.05, 0) is 30.4 Å². The van der Waals surface area contributed by atoms with Crippen molar-refractivity contribution in [2.24, 2.45) is 4.99 Å². The van der Waals surface area contributed by atoms with E-state index >= 15 is 0 Å². The molecule has 3 aromatic rings. The van der Waals surface area contributed by atoms with Gasteiger partial charge < -0.3 is 15.2 Å². The normalized spacial score (nSPS) is 11.4. The zero-order chi connectivity index (χ0) is 17.5. The first-order valence-corrected chi connectivity index (χ1v) is 9.53. The monoisotopic (exact) mass is 483 g/mol. The lowest BCUT2D eigenvalue weighted by Gasteiger charge is -2.11. The second-order valence-electron chi connectivity index (χ2n) is 5.85. The largest absolute Gasteiger partial charge is 0.356 e. The Kier molecular flexibility index (Phi) is 8.37. The number of rotatable bonds is 7. The SMILES string of the molecule is CCc1cnc(CNC(=NC)NCCCn2ccc3ccccc32)s1.I. The van der Waals surface area contributed by atoms with Gasteiger partial charge in [-0.25, -0.2) is 4.98 Å². The predicted molar refractivity (Wildman–Crippen MR) is 122 cm³/mol. The number of benzene rings is 1. The van der Waals surface area contributed by atoms with Crippen molar-refractivity contribution in [3.63, 3.8) is 0 Å². The minimum atomic E-state index is 0. The van der Waals surface area contributed by atoms with Crippen LogP contribution in [0, 0.1) is 0 Å². The standard InChI is InChI=1S/C19H25N5S.HI/c1-3-16-13-22-18(25-16)14-23-19(20-2)21-10-6-11-24-12-9-15-7-4-5-8-17(15)24;/h4-5,7-9,12-13H,3,6,10-11,14H2,1-2H3,(H2,20,21,23);1H. The fraction of sp³-hybridized carbons (Fsp3) is 0.368. The Bertz CT molecular complexity index is 839. The van der Waals surface area contributed by atoms with Gasteiger partial charge in [-0.1, -0.05) is 25.1 Å². The van der Waals surface area contributed by atoms with Crippen molar-refractivity contribution in [2.45, 2.75) is 32.9 Å². The summed E-state index contributed by atoms with van der Waals surface area (Å²) in [5.74, 6) is 0.825. The molecule has 0 aliphatic carbocycles. The van der Waals surface area contributed by atoms with Crippen LogP contribution in [0.1, 0.15) is 23.2 Å². The first-order chi connectivity index (χ1) is 12.3. The lowest BCUT2D eigenvalue weighted by molar-refractivity contribution is 0.640. The van der Waals surface area contributed by atoms with E-state index in [0.717, 1.165) is 36.9 Å². The van der Waals surface area contributed by atoms with Crippen molar-refractivity contribution < 1.29 is 0 Å².